The molecule has 0 radical (unpaired) electrons. The van der Waals surface area contributed by atoms with Crippen molar-refractivity contribution in [1.82, 2.24) is 14.8 Å². The van der Waals surface area contributed by atoms with Gasteiger partial charge in [-0.3, -0.25) is 0 Å². The first-order valence-electron chi connectivity index (χ1n) is 6.02. The third kappa shape index (κ3) is 4.92. The van der Waals surface area contributed by atoms with Gasteiger partial charge in [0.15, 0.2) is 0 Å². The van der Waals surface area contributed by atoms with E-state index in [1.165, 1.54) is 44.2 Å². The molecule has 0 fully saturated rings. The lowest BCUT2D eigenvalue weighted by Crippen LogP contribution is -1.97. The summed E-state index contributed by atoms with van der Waals surface area (Å²) in [5.74, 6) is 0. The van der Waals surface area contributed by atoms with Crippen LogP contribution in [0.15, 0.2) is 17.6 Å². The molecule has 1 rings (SSSR count). The highest BCUT2D eigenvalue weighted by atomic mass is 79.9. The summed E-state index contributed by atoms with van der Waals surface area (Å²) in [7, 11) is 0. The molecule has 0 saturated heterocycles. The molecule has 0 atom stereocenters. The van der Waals surface area contributed by atoms with Crippen LogP contribution in [0.3, 0.4) is 0 Å². The van der Waals surface area contributed by atoms with E-state index in [4.69, 9.17) is 0 Å². The first kappa shape index (κ1) is 13.4. The zero-order valence-corrected chi connectivity index (χ0v) is 11.5. The minimum Gasteiger partial charge on any atom is -0.225 e. The van der Waals surface area contributed by atoms with Gasteiger partial charge in [0.2, 0.25) is 0 Å². The second-order valence-corrected chi connectivity index (χ2v) is 4.42. The van der Waals surface area contributed by atoms with Gasteiger partial charge in [0, 0.05) is 4.99 Å². The number of unbranched alkanes of at least 4 members (excludes halogenated alkanes) is 5. The largest absolute Gasteiger partial charge is 0.225 e. The maximum atomic E-state index is 4.12. The molecule has 1 aromatic rings. The van der Waals surface area contributed by atoms with Gasteiger partial charge >= 0.3 is 0 Å². The monoisotopic (exact) mass is 285 g/mol. The van der Waals surface area contributed by atoms with Crippen molar-refractivity contribution < 1.29 is 0 Å². The summed E-state index contributed by atoms with van der Waals surface area (Å²) in [6, 6.07) is 0. The van der Waals surface area contributed by atoms with E-state index in [9.17, 15) is 0 Å². The predicted octanol–water partition coefficient (Wildman–Crippen LogP) is 4.22. The molecule has 0 spiro atoms. The molecule has 0 amide bonds. The van der Waals surface area contributed by atoms with E-state index in [0.717, 1.165) is 6.42 Å². The van der Waals surface area contributed by atoms with Gasteiger partial charge in [0.25, 0.3) is 0 Å². The summed E-state index contributed by atoms with van der Waals surface area (Å²) in [6.45, 7) is 2.25. The van der Waals surface area contributed by atoms with E-state index >= 15 is 0 Å². The van der Waals surface area contributed by atoms with Crippen LogP contribution in [-0.2, 0) is 0 Å². The quantitative estimate of drug-likeness (QED) is 0.670. The zero-order valence-electron chi connectivity index (χ0n) is 9.90. The van der Waals surface area contributed by atoms with E-state index in [0.29, 0.717) is 0 Å². The lowest BCUT2D eigenvalue weighted by molar-refractivity contribution is 0.608. The molecule has 0 N–H and O–H groups in total. The van der Waals surface area contributed by atoms with Crippen molar-refractivity contribution >= 4 is 21.6 Å². The Morgan fingerprint density at radius 1 is 1.25 bits per heavy atom. The minimum absolute atomic E-state index is 1.06. The molecular formula is C12H20BrN3. The van der Waals surface area contributed by atoms with Crippen molar-refractivity contribution in [3.63, 3.8) is 0 Å². The third-order valence-corrected chi connectivity index (χ3v) is 3.15. The highest BCUT2D eigenvalue weighted by Crippen LogP contribution is 2.16. The maximum absolute atomic E-state index is 4.12. The van der Waals surface area contributed by atoms with Gasteiger partial charge in [0.1, 0.15) is 12.7 Å². The molecule has 1 heterocycles. The summed E-state index contributed by atoms with van der Waals surface area (Å²) in [5, 5.41) is 4.12. The van der Waals surface area contributed by atoms with Gasteiger partial charge in [0.05, 0.1) is 5.70 Å². The molecule has 0 aromatic carbocycles. The summed E-state index contributed by atoms with van der Waals surface area (Å²) in [6.07, 6.45) is 12.3. The number of rotatable bonds is 8. The summed E-state index contributed by atoms with van der Waals surface area (Å²) in [4.78, 5) is 5.89. The van der Waals surface area contributed by atoms with Crippen molar-refractivity contribution in [2.45, 2.75) is 51.9 Å². The Bertz CT molecular complexity index is 293. The van der Waals surface area contributed by atoms with Crippen LogP contribution in [0.25, 0.3) is 5.70 Å². The summed E-state index contributed by atoms with van der Waals surface area (Å²) in [5.41, 5.74) is 1.17. The van der Waals surface area contributed by atoms with Gasteiger partial charge in [-0.2, -0.15) is 5.10 Å². The molecule has 4 heteroatoms. The van der Waals surface area contributed by atoms with Crippen LogP contribution < -0.4 is 0 Å². The molecule has 3 nitrogen and oxygen atoms in total. The Balaban J connectivity index is 2.16. The fourth-order valence-electron chi connectivity index (χ4n) is 1.66. The Morgan fingerprint density at radius 3 is 2.62 bits per heavy atom. The smallest absolute Gasteiger partial charge is 0.138 e. The first-order chi connectivity index (χ1) is 7.88. The van der Waals surface area contributed by atoms with Crippen LogP contribution in [-0.4, -0.2) is 14.8 Å². The van der Waals surface area contributed by atoms with Gasteiger partial charge in [-0.25, -0.2) is 9.67 Å². The Hall–Kier alpha value is -0.640. The number of halogens is 1. The van der Waals surface area contributed by atoms with Crippen molar-refractivity contribution in [2.75, 3.05) is 0 Å². The maximum Gasteiger partial charge on any atom is 0.138 e. The van der Waals surface area contributed by atoms with Crippen LogP contribution in [0.4, 0.5) is 0 Å². The topological polar surface area (TPSA) is 30.7 Å². The molecule has 0 aliphatic heterocycles. The highest BCUT2D eigenvalue weighted by molar-refractivity contribution is 9.11. The third-order valence-electron chi connectivity index (χ3n) is 2.63. The fraction of sp³-hybridized carbons (Fsp3) is 0.667. The van der Waals surface area contributed by atoms with E-state index in [1.807, 2.05) is 9.67 Å². The standard InChI is InChI=1S/C12H20BrN3/c1-2-3-4-5-6-7-8-12(9-13)16-11-14-10-15-16/h9-11H,2-8H2,1H3/b12-9-. The van der Waals surface area contributed by atoms with Crippen LogP contribution in [0.2, 0.25) is 0 Å². The molecule has 0 aliphatic rings. The average molecular weight is 286 g/mol. The van der Waals surface area contributed by atoms with E-state index in [2.05, 4.69) is 32.9 Å². The molecule has 16 heavy (non-hydrogen) atoms. The second kappa shape index (κ2) is 8.50. The summed E-state index contributed by atoms with van der Waals surface area (Å²) >= 11 is 3.38. The van der Waals surface area contributed by atoms with Crippen molar-refractivity contribution in [3.05, 3.63) is 17.6 Å². The number of hydrogen-bond donors (Lipinski definition) is 0. The summed E-state index contributed by atoms with van der Waals surface area (Å²) < 4.78 is 1.82. The van der Waals surface area contributed by atoms with Crippen LogP contribution in [0.5, 0.6) is 0 Å². The molecule has 1 aromatic heterocycles. The van der Waals surface area contributed by atoms with Crippen molar-refractivity contribution in [2.24, 2.45) is 0 Å². The number of hydrogen-bond acceptors (Lipinski definition) is 2. The number of allylic oxidation sites excluding steroid dienone is 1. The number of aromatic nitrogens is 3. The van der Waals surface area contributed by atoms with Gasteiger partial charge in [-0.1, -0.05) is 55.0 Å². The molecule has 90 valence electrons. The Morgan fingerprint density at radius 2 is 2.00 bits per heavy atom. The van der Waals surface area contributed by atoms with Gasteiger partial charge in [-0.15, -0.1) is 0 Å². The lowest BCUT2D eigenvalue weighted by Gasteiger charge is -2.05. The first-order valence-corrected chi connectivity index (χ1v) is 6.94. The van der Waals surface area contributed by atoms with Gasteiger partial charge < -0.3 is 0 Å². The molecular weight excluding hydrogens is 266 g/mol. The van der Waals surface area contributed by atoms with Gasteiger partial charge in [-0.05, 0) is 12.8 Å². The fourth-order valence-corrected chi connectivity index (χ4v) is 2.10. The predicted molar refractivity (Wildman–Crippen MR) is 71.2 cm³/mol. The highest BCUT2D eigenvalue weighted by Gasteiger charge is 2.00. The van der Waals surface area contributed by atoms with Crippen molar-refractivity contribution in [1.29, 1.82) is 0 Å². The molecule has 0 unspecified atom stereocenters. The number of nitrogens with zero attached hydrogens (tertiary/aromatic N) is 3. The van der Waals surface area contributed by atoms with Crippen LogP contribution in [0, 0.1) is 0 Å². The minimum atomic E-state index is 1.06. The average Bonchev–Trinajstić information content (AvgIpc) is 2.82. The zero-order chi connectivity index (χ0) is 11.6. The van der Waals surface area contributed by atoms with Crippen molar-refractivity contribution in [3.8, 4) is 0 Å². The molecule has 0 aliphatic carbocycles. The second-order valence-electron chi connectivity index (χ2n) is 3.96. The van der Waals surface area contributed by atoms with E-state index < -0.39 is 0 Å². The van der Waals surface area contributed by atoms with E-state index in [-0.39, 0.29) is 0 Å². The lowest BCUT2D eigenvalue weighted by atomic mass is 10.1. The van der Waals surface area contributed by atoms with E-state index in [1.54, 1.807) is 12.7 Å². The van der Waals surface area contributed by atoms with Crippen LogP contribution >= 0.6 is 15.9 Å². The van der Waals surface area contributed by atoms with Crippen LogP contribution in [0.1, 0.15) is 51.9 Å². The Kier molecular flexibility index (Phi) is 7.14. The SMILES string of the molecule is CCCCCCCC/C(=C/Br)n1cncn1. The Labute approximate surface area is 106 Å². The molecule has 0 saturated carbocycles. The normalized spacial score (nSPS) is 12.0. The molecule has 0 bridgehead atoms.